The first-order chi connectivity index (χ1) is 9.28. The molecule has 1 unspecified atom stereocenters. The van der Waals surface area contributed by atoms with Crippen molar-refractivity contribution in [3.05, 3.63) is 53.9 Å². The van der Waals surface area contributed by atoms with Crippen LogP contribution in [-0.2, 0) is 0 Å². The van der Waals surface area contributed by atoms with Crippen LogP contribution < -0.4 is 9.47 Å². The number of methoxy groups -OCH3 is 1. The van der Waals surface area contributed by atoms with E-state index in [-0.39, 0.29) is 11.9 Å². The maximum Gasteiger partial charge on any atom is 0.170 e. The molecule has 1 aromatic carbocycles. The topological polar surface area (TPSA) is 48.4 Å². The number of rotatable bonds is 2. The first kappa shape index (κ1) is 11.7. The molecule has 1 aliphatic rings. The lowest BCUT2D eigenvalue weighted by Crippen LogP contribution is -2.21. The van der Waals surface area contributed by atoms with Gasteiger partial charge in [0.1, 0.15) is 17.6 Å². The van der Waals surface area contributed by atoms with Gasteiger partial charge in [-0.1, -0.05) is 6.07 Å². The molecular formula is C15H13NO3. The smallest absolute Gasteiger partial charge is 0.170 e. The van der Waals surface area contributed by atoms with Gasteiger partial charge in [-0.15, -0.1) is 0 Å². The predicted octanol–water partition coefficient (Wildman–Crippen LogP) is 2.80. The summed E-state index contributed by atoms with van der Waals surface area (Å²) in [6.07, 6.45) is 1.69. The number of Topliss-reactive ketones (excluding diaryl/α,β-unsaturated/α-hetero) is 1. The summed E-state index contributed by atoms with van der Waals surface area (Å²) in [6.45, 7) is 0. The van der Waals surface area contributed by atoms with Crippen LogP contribution in [0.25, 0.3) is 0 Å². The Morgan fingerprint density at radius 3 is 2.95 bits per heavy atom. The second-order valence-corrected chi connectivity index (χ2v) is 4.35. The van der Waals surface area contributed by atoms with E-state index in [0.717, 1.165) is 5.69 Å². The molecule has 0 bridgehead atoms. The number of ether oxygens (including phenoxy) is 2. The standard InChI is InChI=1S/C15H13NO3/c1-18-10-5-6-11-13(17)9-15(19-14(11)8-10)12-4-2-3-7-16-12/h2-8,15H,9H2,1H3. The number of pyridine rings is 1. The van der Waals surface area contributed by atoms with Crippen LogP contribution in [-0.4, -0.2) is 17.9 Å². The van der Waals surface area contributed by atoms with E-state index in [1.807, 2.05) is 18.2 Å². The Hall–Kier alpha value is -2.36. The maximum atomic E-state index is 12.1. The Kier molecular flexibility index (Phi) is 2.91. The Morgan fingerprint density at radius 1 is 1.32 bits per heavy atom. The molecule has 4 heteroatoms. The van der Waals surface area contributed by atoms with Crippen molar-refractivity contribution in [1.82, 2.24) is 4.98 Å². The third-order valence-electron chi connectivity index (χ3n) is 3.15. The second-order valence-electron chi connectivity index (χ2n) is 4.35. The molecule has 0 saturated carbocycles. The van der Waals surface area contributed by atoms with Crippen molar-refractivity contribution in [2.24, 2.45) is 0 Å². The van der Waals surface area contributed by atoms with E-state index in [1.165, 1.54) is 0 Å². The van der Waals surface area contributed by atoms with Crippen molar-refractivity contribution in [3.8, 4) is 11.5 Å². The van der Waals surface area contributed by atoms with Crippen LogP contribution in [0.1, 0.15) is 28.6 Å². The molecule has 0 amide bonds. The van der Waals surface area contributed by atoms with Crippen molar-refractivity contribution in [3.63, 3.8) is 0 Å². The predicted molar refractivity (Wildman–Crippen MR) is 69.5 cm³/mol. The monoisotopic (exact) mass is 255 g/mol. The van der Waals surface area contributed by atoms with Crippen LogP contribution in [0.2, 0.25) is 0 Å². The van der Waals surface area contributed by atoms with Gasteiger partial charge in [0.15, 0.2) is 5.78 Å². The van der Waals surface area contributed by atoms with Crippen LogP contribution in [0.3, 0.4) is 0 Å². The molecule has 96 valence electrons. The van der Waals surface area contributed by atoms with E-state index in [1.54, 1.807) is 31.5 Å². The summed E-state index contributed by atoms with van der Waals surface area (Å²) in [7, 11) is 1.59. The molecule has 0 saturated heterocycles. The fraction of sp³-hybridized carbons (Fsp3) is 0.200. The number of hydrogen-bond donors (Lipinski definition) is 0. The summed E-state index contributed by atoms with van der Waals surface area (Å²) >= 11 is 0. The van der Waals surface area contributed by atoms with Crippen LogP contribution in [0.4, 0.5) is 0 Å². The summed E-state index contributed by atoms with van der Waals surface area (Å²) in [5.41, 5.74) is 1.37. The Bertz CT molecular complexity index is 610. The summed E-state index contributed by atoms with van der Waals surface area (Å²) in [5, 5.41) is 0. The van der Waals surface area contributed by atoms with Crippen molar-refractivity contribution < 1.29 is 14.3 Å². The van der Waals surface area contributed by atoms with E-state index in [9.17, 15) is 4.79 Å². The van der Waals surface area contributed by atoms with Crippen molar-refractivity contribution in [2.45, 2.75) is 12.5 Å². The molecule has 1 atom stereocenters. The SMILES string of the molecule is COc1ccc2c(c1)OC(c1ccccn1)CC2=O. The van der Waals surface area contributed by atoms with Gasteiger partial charge in [-0.05, 0) is 24.3 Å². The number of carbonyl (C=O) groups excluding carboxylic acids is 1. The van der Waals surface area contributed by atoms with E-state index in [4.69, 9.17) is 9.47 Å². The van der Waals surface area contributed by atoms with Gasteiger partial charge in [0.05, 0.1) is 24.8 Å². The lowest BCUT2D eigenvalue weighted by atomic mass is 9.98. The third-order valence-corrected chi connectivity index (χ3v) is 3.15. The van der Waals surface area contributed by atoms with Gasteiger partial charge >= 0.3 is 0 Å². The lowest BCUT2D eigenvalue weighted by molar-refractivity contribution is 0.0844. The quantitative estimate of drug-likeness (QED) is 0.828. The first-order valence-electron chi connectivity index (χ1n) is 6.07. The average Bonchev–Trinajstić information content (AvgIpc) is 2.47. The zero-order chi connectivity index (χ0) is 13.2. The molecule has 19 heavy (non-hydrogen) atoms. The molecule has 0 spiro atoms. The molecule has 0 N–H and O–H groups in total. The van der Waals surface area contributed by atoms with Gasteiger partial charge in [-0.3, -0.25) is 9.78 Å². The van der Waals surface area contributed by atoms with Gasteiger partial charge < -0.3 is 9.47 Å². The van der Waals surface area contributed by atoms with Gasteiger partial charge in [-0.2, -0.15) is 0 Å². The number of aromatic nitrogens is 1. The van der Waals surface area contributed by atoms with Crippen molar-refractivity contribution in [1.29, 1.82) is 0 Å². The summed E-state index contributed by atoms with van der Waals surface area (Å²) in [6, 6.07) is 10.8. The highest BCUT2D eigenvalue weighted by Gasteiger charge is 2.28. The van der Waals surface area contributed by atoms with E-state index < -0.39 is 0 Å². The van der Waals surface area contributed by atoms with E-state index in [2.05, 4.69) is 4.98 Å². The van der Waals surface area contributed by atoms with E-state index in [0.29, 0.717) is 23.5 Å². The summed E-state index contributed by atoms with van der Waals surface area (Å²) in [5.74, 6) is 1.30. The second kappa shape index (κ2) is 4.72. The largest absolute Gasteiger partial charge is 0.497 e. The fourth-order valence-corrected chi connectivity index (χ4v) is 2.16. The normalized spacial score (nSPS) is 17.5. The molecule has 2 aromatic rings. The number of fused-ring (bicyclic) bond motifs is 1. The molecule has 4 nitrogen and oxygen atoms in total. The summed E-state index contributed by atoms with van der Waals surface area (Å²) in [4.78, 5) is 16.4. The molecule has 0 aliphatic carbocycles. The first-order valence-corrected chi connectivity index (χ1v) is 6.07. The number of nitrogens with zero attached hydrogens (tertiary/aromatic N) is 1. The molecular weight excluding hydrogens is 242 g/mol. The highest BCUT2D eigenvalue weighted by atomic mass is 16.5. The van der Waals surface area contributed by atoms with Gasteiger partial charge in [0.2, 0.25) is 0 Å². The van der Waals surface area contributed by atoms with Crippen LogP contribution in [0, 0.1) is 0 Å². The molecule has 3 rings (SSSR count). The Labute approximate surface area is 111 Å². The number of benzene rings is 1. The summed E-state index contributed by atoms with van der Waals surface area (Å²) < 4.78 is 11.0. The minimum atomic E-state index is -0.326. The lowest BCUT2D eigenvalue weighted by Gasteiger charge is -2.25. The molecule has 1 aromatic heterocycles. The van der Waals surface area contributed by atoms with E-state index >= 15 is 0 Å². The zero-order valence-corrected chi connectivity index (χ0v) is 10.5. The van der Waals surface area contributed by atoms with Crippen LogP contribution in [0.5, 0.6) is 11.5 Å². The molecule has 1 aliphatic heterocycles. The Morgan fingerprint density at radius 2 is 2.21 bits per heavy atom. The van der Waals surface area contributed by atoms with Crippen molar-refractivity contribution in [2.75, 3.05) is 7.11 Å². The average molecular weight is 255 g/mol. The minimum Gasteiger partial charge on any atom is -0.497 e. The van der Waals surface area contributed by atoms with Gasteiger partial charge in [-0.25, -0.2) is 0 Å². The highest BCUT2D eigenvalue weighted by molar-refractivity contribution is 6.00. The third kappa shape index (κ3) is 2.17. The van der Waals surface area contributed by atoms with Crippen molar-refractivity contribution >= 4 is 5.78 Å². The minimum absolute atomic E-state index is 0.0690. The Balaban J connectivity index is 1.96. The number of carbonyl (C=O) groups is 1. The van der Waals surface area contributed by atoms with Crippen LogP contribution in [0.15, 0.2) is 42.6 Å². The fourth-order valence-electron chi connectivity index (χ4n) is 2.16. The number of hydrogen-bond acceptors (Lipinski definition) is 4. The number of ketones is 1. The molecule has 0 radical (unpaired) electrons. The highest BCUT2D eigenvalue weighted by Crippen LogP contribution is 2.36. The zero-order valence-electron chi connectivity index (χ0n) is 10.5. The van der Waals surface area contributed by atoms with Gasteiger partial charge in [0.25, 0.3) is 0 Å². The van der Waals surface area contributed by atoms with Crippen LogP contribution >= 0.6 is 0 Å². The van der Waals surface area contributed by atoms with Gasteiger partial charge in [0, 0.05) is 12.3 Å². The molecule has 0 fully saturated rings. The maximum absolute atomic E-state index is 12.1. The molecule has 2 heterocycles.